The van der Waals surface area contributed by atoms with Crippen LogP contribution in [0.1, 0.15) is 58.4 Å². The first-order valence-corrected chi connectivity index (χ1v) is 9.60. The molecule has 2 nitrogen and oxygen atoms in total. The zero-order valence-corrected chi connectivity index (χ0v) is 15.6. The van der Waals surface area contributed by atoms with Crippen LogP contribution in [0.3, 0.4) is 0 Å². The molecule has 1 saturated carbocycles. The van der Waals surface area contributed by atoms with Crippen LogP contribution in [0, 0.1) is 11.8 Å². The van der Waals surface area contributed by atoms with Gasteiger partial charge in [-0.1, -0.05) is 63.8 Å². The Morgan fingerprint density at radius 1 is 1.13 bits per heavy atom. The van der Waals surface area contributed by atoms with E-state index >= 15 is 0 Å². The average Bonchev–Trinajstić information content (AvgIpc) is 2.60. The molecule has 0 amide bonds. The minimum Gasteiger partial charge on any atom is -0.385 e. The molecule has 1 aromatic carbocycles. The molecule has 2 rings (SSSR count). The second-order valence-electron chi connectivity index (χ2n) is 7.05. The van der Waals surface area contributed by atoms with Gasteiger partial charge in [-0.2, -0.15) is 0 Å². The first kappa shape index (κ1) is 18.8. The molecular weight excluding hydrogens is 306 g/mol. The number of aliphatic hydroxyl groups is 1. The second kappa shape index (κ2) is 8.50. The molecule has 130 valence electrons. The number of halogens is 1. The molecule has 0 heterocycles. The Morgan fingerprint density at radius 3 is 2.22 bits per heavy atom. The number of benzene rings is 1. The van der Waals surface area contributed by atoms with Gasteiger partial charge < -0.3 is 10.0 Å². The van der Waals surface area contributed by atoms with Gasteiger partial charge in [0.25, 0.3) is 0 Å². The summed E-state index contributed by atoms with van der Waals surface area (Å²) < 4.78 is 0. The molecule has 0 saturated heterocycles. The summed E-state index contributed by atoms with van der Waals surface area (Å²) in [6.07, 6.45) is 6.03. The Bertz CT molecular complexity index is 465. The van der Waals surface area contributed by atoms with E-state index in [-0.39, 0.29) is 5.92 Å². The lowest BCUT2D eigenvalue weighted by Gasteiger charge is -2.44. The molecule has 0 bridgehead atoms. The SMILES string of the molecule is CCN(CC)C[C@H](C)[C@](O)(c1ccc(Cl)cc1)C1CCCCC1. The maximum Gasteiger partial charge on any atom is 0.0962 e. The zero-order valence-electron chi connectivity index (χ0n) is 14.9. The smallest absolute Gasteiger partial charge is 0.0962 e. The van der Waals surface area contributed by atoms with E-state index in [1.165, 1.54) is 19.3 Å². The van der Waals surface area contributed by atoms with Gasteiger partial charge in [0.15, 0.2) is 0 Å². The van der Waals surface area contributed by atoms with Crippen LogP contribution < -0.4 is 0 Å². The molecule has 3 heteroatoms. The third-order valence-electron chi connectivity index (χ3n) is 5.71. The average molecular weight is 338 g/mol. The number of nitrogens with zero attached hydrogens (tertiary/aromatic N) is 1. The number of hydrogen-bond acceptors (Lipinski definition) is 2. The Morgan fingerprint density at radius 2 is 1.70 bits per heavy atom. The summed E-state index contributed by atoms with van der Waals surface area (Å²) in [5.74, 6) is 0.551. The Hall–Kier alpha value is -0.570. The fraction of sp³-hybridized carbons (Fsp3) is 0.700. The third kappa shape index (κ3) is 4.29. The summed E-state index contributed by atoms with van der Waals surface area (Å²) in [6.45, 7) is 9.59. The Balaban J connectivity index is 2.31. The molecule has 1 N–H and O–H groups in total. The van der Waals surface area contributed by atoms with E-state index in [0.717, 1.165) is 43.1 Å². The van der Waals surface area contributed by atoms with Crippen LogP contribution in [0.5, 0.6) is 0 Å². The highest BCUT2D eigenvalue weighted by Gasteiger charge is 2.43. The normalized spacial score (nSPS) is 20.4. The van der Waals surface area contributed by atoms with Gasteiger partial charge in [-0.15, -0.1) is 0 Å². The first-order valence-electron chi connectivity index (χ1n) is 9.23. The van der Waals surface area contributed by atoms with Crippen molar-refractivity contribution in [2.24, 2.45) is 11.8 Å². The summed E-state index contributed by atoms with van der Waals surface area (Å²) in [7, 11) is 0. The van der Waals surface area contributed by atoms with Crippen molar-refractivity contribution in [2.75, 3.05) is 19.6 Å². The Kier molecular flexibility index (Phi) is 6.94. The van der Waals surface area contributed by atoms with Crippen LogP contribution in [-0.4, -0.2) is 29.6 Å². The van der Waals surface area contributed by atoms with Crippen LogP contribution >= 0.6 is 11.6 Å². The minimum absolute atomic E-state index is 0.201. The molecule has 23 heavy (non-hydrogen) atoms. The molecule has 0 radical (unpaired) electrons. The van der Waals surface area contributed by atoms with Crippen molar-refractivity contribution >= 4 is 11.6 Å². The van der Waals surface area contributed by atoms with E-state index in [2.05, 4.69) is 25.7 Å². The highest BCUT2D eigenvalue weighted by molar-refractivity contribution is 6.30. The van der Waals surface area contributed by atoms with E-state index < -0.39 is 5.60 Å². The van der Waals surface area contributed by atoms with Crippen molar-refractivity contribution in [2.45, 2.75) is 58.5 Å². The summed E-state index contributed by atoms with van der Waals surface area (Å²) >= 11 is 6.07. The van der Waals surface area contributed by atoms with Gasteiger partial charge in [0.1, 0.15) is 0 Å². The maximum absolute atomic E-state index is 11.8. The van der Waals surface area contributed by atoms with Crippen molar-refractivity contribution in [3.63, 3.8) is 0 Å². The summed E-state index contributed by atoms with van der Waals surface area (Å²) in [4.78, 5) is 2.41. The number of rotatable bonds is 7. The van der Waals surface area contributed by atoms with Gasteiger partial charge in [0.05, 0.1) is 5.60 Å². The highest BCUT2D eigenvalue weighted by Crippen LogP contribution is 2.44. The summed E-state index contributed by atoms with van der Waals surface area (Å²) in [5, 5.41) is 12.6. The van der Waals surface area contributed by atoms with Crippen molar-refractivity contribution in [1.29, 1.82) is 0 Å². The third-order valence-corrected chi connectivity index (χ3v) is 5.96. The maximum atomic E-state index is 11.8. The summed E-state index contributed by atoms with van der Waals surface area (Å²) in [6, 6.07) is 7.87. The predicted molar refractivity (Wildman–Crippen MR) is 98.9 cm³/mol. The minimum atomic E-state index is -0.756. The standard InChI is InChI=1S/C20H32ClNO/c1-4-22(5-2)15-16(3)20(23,17-9-7-6-8-10-17)18-11-13-19(21)14-12-18/h11-14,16-17,23H,4-10,15H2,1-3H3/t16-,20+/m0/s1. The van der Waals surface area contributed by atoms with Gasteiger partial charge in [0, 0.05) is 17.5 Å². The molecule has 0 spiro atoms. The largest absolute Gasteiger partial charge is 0.385 e. The van der Waals surface area contributed by atoms with Gasteiger partial charge >= 0.3 is 0 Å². The van der Waals surface area contributed by atoms with Crippen LogP contribution in [0.2, 0.25) is 5.02 Å². The van der Waals surface area contributed by atoms with Crippen molar-refractivity contribution in [3.8, 4) is 0 Å². The molecule has 2 atom stereocenters. The van der Waals surface area contributed by atoms with Gasteiger partial charge in [-0.25, -0.2) is 0 Å². The van der Waals surface area contributed by atoms with Gasteiger partial charge in [-0.05, 0) is 49.5 Å². The molecule has 0 unspecified atom stereocenters. The molecular formula is C20H32ClNO. The lowest BCUT2D eigenvalue weighted by molar-refractivity contribution is -0.0903. The van der Waals surface area contributed by atoms with Crippen molar-refractivity contribution in [3.05, 3.63) is 34.9 Å². The quantitative estimate of drug-likeness (QED) is 0.749. The lowest BCUT2D eigenvalue weighted by atomic mass is 9.67. The highest BCUT2D eigenvalue weighted by atomic mass is 35.5. The fourth-order valence-electron chi connectivity index (χ4n) is 4.19. The van der Waals surface area contributed by atoms with Crippen LogP contribution in [0.15, 0.2) is 24.3 Å². The van der Waals surface area contributed by atoms with Crippen LogP contribution in [-0.2, 0) is 5.60 Å². The molecule has 0 aliphatic heterocycles. The van der Waals surface area contributed by atoms with E-state index in [0.29, 0.717) is 5.92 Å². The first-order chi connectivity index (χ1) is 11.0. The molecule has 1 fully saturated rings. The topological polar surface area (TPSA) is 23.5 Å². The monoisotopic (exact) mass is 337 g/mol. The lowest BCUT2D eigenvalue weighted by Crippen LogP contribution is -2.46. The van der Waals surface area contributed by atoms with Crippen LogP contribution in [0.4, 0.5) is 0 Å². The van der Waals surface area contributed by atoms with E-state index in [1.807, 2.05) is 24.3 Å². The number of hydrogen-bond donors (Lipinski definition) is 1. The molecule has 1 aliphatic rings. The molecule has 1 aromatic rings. The van der Waals surface area contributed by atoms with E-state index in [1.54, 1.807) is 0 Å². The fourth-order valence-corrected chi connectivity index (χ4v) is 4.32. The molecule has 0 aromatic heterocycles. The predicted octanol–water partition coefficient (Wildman–Crippen LogP) is 5.09. The summed E-state index contributed by atoms with van der Waals surface area (Å²) in [5.41, 5.74) is 0.279. The van der Waals surface area contributed by atoms with Gasteiger partial charge in [-0.3, -0.25) is 0 Å². The van der Waals surface area contributed by atoms with Crippen LogP contribution in [0.25, 0.3) is 0 Å². The second-order valence-corrected chi connectivity index (χ2v) is 7.49. The molecule has 1 aliphatic carbocycles. The Labute approximate surface area is 146 Å². The van der Waals surface area contributed by atoms with E-state index in [9.17, 15) is 5.11 Å². The van der Waals surface area contributed by atoms with Crippen molar-refractivity contribution < 1.29 is 5.11 Å². The van der Waals surface area contributed by atoms with Gasteiger partial charge in [0.2, 0.25) is 0 Å². The van der Waals surface area contributed by atoms with Crippen molar-refractivity contribution in [1.82, 2.24) is 4.90 Å². The van der Waals surface area contributed by atoms with E-state index in [4.69, 9.17) is 11.6 Å². The zero-order chi connectivity index (χ0) is 16.9.